The van der Waals surface area contributed by atoms with Gasteiger partial charge in [0.05, 0.1) is 0 Å². The van der Waals surface area contributed by atoms with Gasteiger partial charge in [0.2, 0.25) is 5.91 Å². The van der Waals surface area contributed by atoms with Gasteiger partial charge in [-0.1, -0.05) is 12.1 Å². The first-order valence-corrected chi connectivity index (χ1v) is 5.80. The van der Waals surface area contributed by atoms with Crippen molar-refractivity contribution in [1.82, 2.24) is 10.6 Å². The second kappa shape index (κ2) is 7.01. The van der Waals surface area contributed by atoms with Gasteiger partial charge in [-0.15, -0.1) is 0 Å². The van der Waals surface area contributed by atoms with Crippen LogP contribution in [0.4, 0.5) is 4.39 Å². The molecule has 1 unspecified atom stereocenters. The fourth-order valence-electron chi connectivity index (χ4n) is 1.49. The molecule has 0 aliphatic carbocycles. The molecule has 0 bridgehead atoms. The first-order valence-electron chi connectivity index (χ1n) is 5.80. The second-order valence-corrected chi connectivity index (χ2v) is 4.12. The van der Waals surface area contributed by atoms with Gasteiger partial charge in [-0.25, -0.2) is 4.39 Å². The van der Waals surface area contributed by atoms with Crippen molar-refractivity contribution >= 4 is 5.91 Å². The molecule has 0 spiro atoms. The Morgan fingerprint density at radius 1 is 1.47 bits per heavy atom. The molecule has 1 aromatic rings. The molecule has 1 aromatic carbocycles. The minimum absolute atomic E-state index is 0.0169. The number of carbonyl (C=O) groups excluding carboxylic acids is 1. The molecule has 2 N–H and O–H groups in total. The Bertz CT molecular complexity index is 368. The average Bonchev–Trinajstić information content (AvgIpc) is 2.29. The molecule has 0 radical (unpaired) electrons. The van der Waals surface area contributed by atoms with E-state index in [1.54, 1.807) is 6.07 Å². The van der Waals surface area contributed by atoms with Crippen molar-refractivity contribution in [2.24, 2.45) is 0 Å². The summed E-state index contributed by atoms with van der Waals surface area (Å²) in [5.41, 5.74) is 0.895. The highest BCUT2D eigenvalue weighted by atomic mass is 19.1. The van der Waals surface area contributed by atoms with Gasteiger partial charge in [0.1, 0.15) is 5.82 Å². The zero-order valence-corrected chi connectivity index (χ0v) is 10.3. The monoisotopic (exact) mass is 238 g/mol. The van der Waals surface area contributed by atoms with Crippen LogP contribution in [0.2, 0.25) is 0 Å². The van der Waals surface area contributed by atoms with Crippen molar-refractivity contribution in [1.29, 1.82) is 0 Å². The standard InChI is InChI=1S/C13H19FN2O/c1-10(15-2)8-13(17)16-7-6-11-4-3-5-12(14)9-11/h3-5,9-10,15H,6-8H2,1-2H3,(H,16,17). The highest BCUT2D eigenvalue weighted by Crippen LogP contribution is 2.03. The lowest BCUT2D eigenvalue weighted by atomic mass is 10.1. The van der Waals surface area contributed by atoms with E-state index in [0.29, 0.717) is 19.4 Å². The van der Waals surface area contributed by atoms with Crippen LogP contribution in [0.15, 0.2) is 24.3 Å². The zero-order valence-electron chi connectivity index (χ0n) is 10.3. The quantitative estimate of drug-likeness (QED) is 0.788. The van der Waals surface area contributed by atoms with E-state index in [9.17, 15) is 9.18 Å². The number of hydrogen-bond acceptors (Lipinski definition) is 2. The number of benzene rings is 1. The lowest BCUT2D eigenvalue weighted by Crippen LogP contribution is -2.32. The molecule has 4 heteroatoms. The van der Waals surface area contributed by atoms with E-state index in [1.165, 1.54) is 12.1 Å². The van der Waals surface area contributed by atoms with Gasteiger partial charge in [0.25, 0.3) is 0 Å². The molecule has 1 amide bonds. The summed E-state index contributed by atoms with van der Waals surface area (Å²) in [6.45, 7) is 2.49. The largest absolute Gasteiger partial charge is 0.356 e. The van der Waals surface area contributed by atoms with Crippen LogP contribution < -0.4 is 10.6 Å². The fraction of sp³-hybridized carbons (Fsp3) is 0.462. The summed E-state index contributed by atoms with van der Waals surface area (Å²) in [4.78, 5) is 11.4. The van der Waals surface area contributed by atoms with Crippen LogP contribution in [-0.2, 0) is 11.2 Å². The minimum Gasteiger partial charge on any atom is -0.356 e. The Labute approximate surface area is 101 Å². The Morgan fingerprint density at radius 3 is 2.88 bits per heavy atom. The van der Waals surface area contributed by atoms with E-state index in [2.05, 4.69) is 10.6 Å². The second-order valence-electron chi connectivity index (χ2n) is 4.12. The molecule has 0 saturated heterocycles. The summed E-state index contributed by atoms with van der Waals surface area (Å²) in [6.07, 6.45) is 1.11. The summed E-state index contributed by atoms with van der Waals surface area (Å²) in [6, 6.07) is 6.60. The van der Waals surface area contributed by atoms with Crippen LogP contribution in [0.3, 0.4) is 0 Å². The smallest absolute Gasteiger partial charge is 0.221 e. The van der Waals surface area contributed by atoms with Crippen molar-refractivity contribution in [2.75, 3.05) is 13.6 Å². The molecule has 0 aliphatic rings. The van der Waals surface area contributed by atoms with Gasteiger partial charge in [0, 0.05) is 19.0 Å². The van der Waals surface area contributed by atoms with Gasteiger partial charge in [0.15, 0.2) is 0 Å². The maximum atomic E-state index is 12.9. The van der Waals surface area contributed by atoms with E-state index in [4.69, 9.17) is 0 Å². The molecule has 0 aromatic heterocycles. The molecular formula is C13H19FN2O. The third kappa shape index (κ3) is 5.45. The summed E-state index contributed by atoms with van der Waals surface area (Å²) in [7, 11) is 1.82. The van der Waals surface area contributed by atoms with Gasteiger partial charge in [-0.05, 0) is 38.1 Å². The third-order valence-corrected chi connectivity index (χ3v) is 2.61. The Morgan fingerprint density at radius 2 is 2.24 bits per heavy atom. The van der Waals surface area contributed by atoms with E-state index in [0.717, 1.165) is 5.56 Å². The SMILES string of the molecule is CNC(C)CC(=O)NCCc1cccc(F)c1. The third-order valence-electron chi connectivity index (χ3n) is 2.61. The normalized spacial score (nSPS) is 12.2. The molecule has 94 valence electrons. The lowest BCUT2D eigenvalue weighted by Gasteiger charge is -2.10. The van der Waals surface area contributed by atoms with Crippen LogP contribution in [-0.4, -0.2) is 25.5 Å². The molecule has 1 atom stereocenters. The number of carbonyl (C=O) groups is 1. The average molecular weight is 238 g/mol. The molecule has 0 saturated carbocycles. The van der Waals surface area contributed by atoms with Crippen LogP contribution in [0, 0.1) is 5.82 Å². The topological polar surface area (TPSA) is 41.1 Å². The highest BCUT2D eigenvalue weighted by molar-refractivity contribution is 5.76. The predicted molar refractivity (Wildman–Crippen MR) is 66.3 cm³/mol. The number of halogens is 1. The molecule has 1 rings (SSSR count). The van der Waals surface area contributed by atoms with E-state index >= 15 is 0 Å². The molecule has 0 aliphatic heterocycles. The van der Waals surface area contributed by atoms with Crippen molar-refractivity contribution in [3.05, 3.63) is 35.6 Å². The summed E-state index contributed by atoms with van der Waals surface area (Å²) in [5, 5.41) is 5.82. The first-order chi connectivity index (χ1) is 8.11. The predicted octanol–water partition coefficient (Wildman–Crippen LogP) is 1.48. The number of nitrogens with one attached hydrogen (secondary N) is 2. The van der Waals surface area contributed by atoms with Crippen molar-refractivity contribution in [3.63, 3.8) is 0 Å². The molecule has 0 heterocycles. The van der Waals surface area contributed by atoms with Gasteiger partial charge >= 0.3 is 0 Å². The van der Waals surface area contributed by atoms with Gasteiger partial charge in [-0.3, -0.25) is 4.79 Å². The van der Waals surface area contributed by atoms with E-state index < -0.39 is 0 Å². The summed E-state index contributed by atoms with van der Waals surface area (Å²) in [5.74, 6) is -0.221. The molecular weight excluding hydrogens is 219 g/mol. The zero-order chi connectivity index (χ0) is 12.7. The van der Waals surface area contributed by atoms with Crippen LogP contribution in [0.25, 0.3) is 0 Å². The minimum atomic E-state index is -0.238. The van der Waals surface area contributed by atoms with Crippen LogP contribution in [0.5, 0.6) is 0 Å². The van der Waals surface area contributed by atoms with Crippen molar-refractivity contribution in [2.45, 2.75) is 25.8 Å². The molecule has 0 fully saturated rings. The van der Waals surface area contributed by atoms with Crippen molar-refractivity contribution < 1.29 is 9.18 Å². The van der Waals surface area contributed by atoms with Gasteiger partial charge < -0.3 is 10.6 Å². The summed E-state index contributed by atoms with van der Waals surface area (Å²) < 4.78 is 12.9. The number of rotatable bonds is 6. The van der Waals surface area contributed by atoms with Crippen LogP contribution >= 0.6 is 0 Å². The molecule has 17 heavy (non-hydrogen) atoms. The highest BCUT2D eigenvalue weighted by Gasteiger charge is 2.06. The molecule has 3 nitrogen and oxygen atoms in total. The Hall–Kier alpha value is -1.42. The number of hydrogen-bond donors (Lipinski definition) is 2. The van der Waals surface area contributed by atoms with E-state index in [1.807, 2.05) is 20.0 Å². The Kier molecular flexibility index (Phi) is 5.63. The maximum Gasteiger partial charge on any atom is 0.221 e. The number of amides is 1. The van der Waals surface area contributed by atoms with Crippen LogP contribution in [0.1, 0.15) is 18.9 Å². The first kappa shape index (κ1) is 13.6. The van der Waals surface area contributed by atoms with Gasteiger partial charge in [-0.2, -0.15) is 0 Å². The Balaban J connectivity index is 2.26. The summed E-state index contributed by atoms with van der Waals surface area (Å²) >= 11 is 0. The lowest BCUT2D eigenvalue weighted by molar-refractivity contribution is -0.121. The maximum absolute atomic E-state index is 12.9. The van der Waals surface area contributed by atoms with Crippen molar-refractivity contribution in [3.8, 4) is 0 Å². The van der Waals surface area contributed by atoms with E-state index in [-0.39, 0.29) is 17.8 Å². The fourth-order valence-corrected chi connectivity index (χ4v) is 1.49.